The highest BCUT2D eigenvalue weighted by Crippen LogP contribution is 2.27. The van der Waals surface area contributed by atoms with E-state index in [1.54, 1.807) is 7.11 Å². The molecule has 0 bridgehead atoms. The van der Waals surface area contributed by atoms with Gasteiger partial charge >= 0.3 is 0 Å². The molecule has 0 aliphatic carbocycles. The number of nitrogens with one attached hydrogen (secondary N) is 1. The predicted octanol–water partition coefficient (Wildman–Crippen LogP) is 2.05. The standard InChI is InChI=1S/C16H23N5O2S/c1-17-16-19-13(11-24-16)15(22)21-6-3-4-12(10-21)14-18-5-7-20(14)8-9-23-2/h5,7,11-12H,3-4,6,8-10H2,1-2H3,(H,17,19)/t12-/m1/s1. The summed E-state index contributed by atoms with van der Waals surface area (Å²) in [5.74, 6) is 1.31. The van der Waals surface area contributed by atoms with Gasteiger partial charge in [0.15, 0.2) is 5.13 Å². The summed E-state index contributed by atoms with van der Waals surface area (Å²) >= 11 is 1.45. The molecular weight excluding hydrogens is 326 g/mol. The van der Waals surface area contributed by atoms with E-state index in [0.29, 0.717) is 18.8 Å². The lowest BCUT2D eigenvalue weighted by atomic mass is 9.97. The molecule has 130 valence electrons. The van der Waals surface area contributed by atoms with Crippen molar-refractivity contribution < 1.29 is 9.53 Å². The molecule has 2 aromatic rings. The Bertz CT molecular complexity index is 684. The number of carbonyl (C=O) groups excluding carboxylic acids is 1. The van der Waals surface area contributed by atoms with Crippen LogP contribution in [0, 0.1) is 0 Å². The molecule has 7 nitrogen and oxygen atoms in total. The Labute approximate surface area is 145 Å². The van der Waals surface area contributed by atoms with Crippen molar-refractivity contribution in [1.82, 2.24) is 19.4 Å². The van der Waals surface area contributed by atoms with E-state index in [9.17, 15) is 4.79 Å². The van der Waals surface area contributed by atoms with E-state index in [1.807, 2.05) is 29.7 Å². The van der Waals surface area contributed by atoms with Gasteiger partial charge in [-0.1, -0.05) is 0 Å². The van der Waals surface area contributed by atoms with Crippen molar-refractivity contribution in [1.29, 1.82) is 0 Å². The van der Waals surface area contributed by atoms with Gasteiger partial charge in [-0.3, -0.25) is 4.79 Å². The number of nitrogens with zero attached hydrogens (tertiary/aromatic N) is 4. The van der Waals surface area contributed by atoms with Crippen LogP contribution in [0.2, 0.25) is 0 Å². The van der Waals surface area contributed by atoms with Crippen molar-refractivity contribution >= 4 is 22.4 Å². The molecule has 1 aliphatic heterocycles. The van der Waals surface area contributed by atoms with Gasteiger partial charge in [-0.05, 0) is 12.8 Å². The lowest BCUT2D eigenvalue weighted by Crippen LogP contribution is -2.40. The van der Waals surface area contributed by atoms with Crippen molar-refractivity contribution in [2.24, 2.45) is 0 Å². The first kappa shape index (κ1) is 16.9. The average Bonchev–Trinajstić information content (AvgIpc) is 3.28. The van der Waals surface area contributed by atoms with Crippen molar-refractivity contribution in [2.75, 3.05) is 39.2 Å². The minimum atomic E-state index is 0.00690. The fraction of sp³-hybridized carbons (Fsp3) is 0.562. The number of thiazole rings is 1. The maximum Gasteiger partial charge on any atom is 0.273 e. The summed E-state index contributed by atoms with van der Waals surface area (Å²) < 4.78 is 7.29. The van der Waals surface area contributed by atoms with E-state index in [0.717, 1.165) is 36.9 Å². The van der Waals surface area contributed by atoms with Crippen LogP contribution in [0.15, 0.2) is 17.8 Å². The van der Waals surface area contributed by atoms with Crippen molar-refractivity contribution in [3.8, 4) is 0 Å². The number of aromatic nitrogens is 3. The third kappa shape index (κ3) is 3.59. The summed E-state index contributed by atoms with van der Waals surface area (Å²) in [5.41, 5.74) is 0.521. The van der Waals surface area contributed by atoms with Crippen molar-refractivity contribution in [3.05, 3.63) is 29.3 Å². The van der Waals surface area contributed by atoms with Crippen molar-refractivity contribution in [2.45, 2.75) is 25.3 Å². The molecule has 2 aromatic heterocycles. The molecule has 1 aliphatic rings. The minimum Gasteiger partial charge on any atom is -0.383 e. The van der Waals surface area contributed by atoms with Gasteiger partial charge in [0.05, 0.1) is 6.61 Å². The molecule has 8 heteroatoms. The number of rotatable bonds is 6. The molecule has 1 saturated heterocycles. The Morgan fingerprint density at radius 3 is 3.17 bits per heavy atom. The predicted molar refractivity (Wildman–Crippen MR) is 93.6 cm³/mol. The van der Waals surface area contributed by atoms with Crippen LogP contribution < -0.4 is 5.32 Å². The zero-order chi connectivity index (χ0) is 16.9. The lowest BCUT2D eigenvalue weighted by Gasteiger charge is -2.32. The molecule has 0 saturated carbocycles. The highest BCUT2D eigenvalue weighted by molar-refractivity contribution is 7.13. The SMILES string of the molecule is CNc1nc(C(=O)N2CCC[C@@H](c3nccn3CCOC)C2)cs1. The molecule has 1 N–H and O–H groups in total. The zero-order valence-electron chi connectivity index (χ0n) is 14.1. The number of methoxy groups -OCH3 is 1. The molecule has 0 spiro atoms. The molecular formula is C16H23N5O2S. The Morgan fingerprint density at radius 1 is 1.54 bits per heavy atom. The fourth-order valence-corrected chi connectivity index (χ4v) is 3.73. The second-order valence-corrected chi connectivity index (χ2v) is 6.71. The zero-order valence-corrected chi connectivity index (χ0v) is 14.9. The molecule has 0 unspecified atom stereocenters. The van der Waals surface area contributed by atoms with Crippen LogP contribution in [-0.2, 0) is 11.3 Å². The molecule has 1 atom stereocenters. The normalized spacial score (nSPS) is 17.9. The van der Waals surface area contributed by atoms with E-state index < -0.39 is 0 Å². The summed E-state index contributed by atoms with van der Waals surface area (Å²) in [6.07, 6.45) is 5.84. The Morgan fingerprint density at radius 2 is 2.42 bits per heavy atom. The highest BCUT2D eigenvalue weighted by atomic mass is 32.1. The van der Waals surface area contributed by atoms with Crippen LogP contribution in [0.4, 0.5) is 5.13 Å². The van der Waals surface area contributed by atoms with Crippen LogP contribution >= 0.6 is 11.3 Å². The second-order valence-electron chi connectivity index (χ2n) is 5.85. The number of hydrogen-bond acceptors (Lipinski definition) is 6. The first-order chi connectivity index (χ1) is 11.7. The Balaban J connectivity index is 1.70. The highest BCUT2D eigenvalue weighted by Gasteiger charge is 2.28. The van der Waals surface area contributed by atoms with Crippen LogP contribution in [0.5, 0.6) is 0 Å². The van der Waals surface area contributed by atoms with E-state index >= 15 is 0 Å². The van der Waals surface area contributed by atoms with E-state index in [-0.39, 0.29) is 11.8 Å². The van der Waals surface area contributed by atoms with Crippen LogP contribution in [0.25, 0.3) is 0 Å². The van der Waals surface area contributed by atoms with Gasteiger partial charge in [0.2, 0.25) is 0 Å². The van der Waals surface area contributed by atoms with E-state index in [2.05, 4.69) is 19.9 Å². The molecule has 24 heavy (non-hydrogen) atoms. The number of piperidine rings is 1. The lowest BCUT2D eigenvalue weighted by molar-refractivity contribution is 0.0697. The van der Waals surface area contributed by atoms with E-state index in [4.69, 9.17) is 4.74 Å². The first-order valence-corrected chi connectivity index (χ1v) is 9.03. The number of ether oxygens (including phenoxy) is 1. The third-order valence-corrected chi connectivity index (χ3v) is 5.15. The fourth-order valence-electron chi connectivity index (χ4n) is 3.08. The Kier molecular flexibility index (Phi) is 5.47. The van der Waals surface area contributed by atoms with Gasteiger partial charge in [0.25, 0.3) is 5.91 Å². The first-order valence-electron chi connectivity index (χ1n) is 8.15. The maximum absolute atomic E-state index is 12.7. The van der Waals surface area contributed by atoms with Crippen molar-refractivity contribution in [3.63, 3.8) is 0 Å². The van der Waals surface area contributed by atoms with Gasteiger partial charge in [-0.15, -0.1) is 11.3 Å². The summed E-state index contributed by atoms with van der Waals surface area (Å²) in [4.78, 5) is 23.4. The monoisotopic (exact) mass is 349 g/mol. The number of hydrogen-bond donors (Lipinski definition) is 1. The summed E-state index contributed by atoms with van der Waals surface area (Å²) in [6.45, 7) is 2.91. The quantitative estimate of drug-likeness (QED) is 0.864. The van der Waals surface area contributed by atoms with Gasteiger partial charge in [0.1, 0.15) is 11.5 Å². The number of amides is 1. The van der Waals surface area contributed by atoms with Gasteiger partial charge in [0, 0.05) is 57.5 Å². The van der Waals surface area contributed by atoms with Crippen LogP contribution in [-0.4, -0.2) is 59.2 Å². The number of anilines is 1. The van der Waals surface area contributed by atoms with Crippen LogP contribution in [0.3, 0.4) is 0 Å². The topological polar surface area (TPSA) is 72.3 Å². The maximum atomic E-state index is 12.7. The molecule has 1 fully saturated rings. The average molecular weight is 349 g/mol. The molecule has 0 radical (unpaired) electrons. The number of carbonyl (C=O) groups is 1. The van der Waals surface area contributed by atoms with Crippen LogP contribution in [0.1, 0.15) is 35.1 Å². The molecule has 1 amide bonds. The molecule has 3 rings (SSSR count). The second kappa shape index (κ2) is 7.76. The number of likely N-dealkylation sites (tertiary alicyclic amines) is 1. The largest absolute Gasteiger partial charge is 0.383 e. The summed E-state index contributed by atoms with van der Waals surface area (Å²) in [5, 5.41) is 5.56. The minimum absolute atomic E-state index is 0.00690. The van der Waals surface area contributed by atoms with Gasteiger partial charge < -0.3 is 19.5 Å². The number of imidazole rings is 1. The van der Waals surface area contributed by atoms with E-state index in [1.165, 1.54) is 11.3 Å². The third-order valence-electron chi connectivity index (χ3n) is 4.29. The smallest absolute Gasteiger partial charge is 0.273 e. The Hall–Kier alpha value is -1.93. The summed E-state index contributed by atoms with van der Waals surface area (Å²) in [6, 6.07) is 0. The molecule has 0 aromatic carbocycles. The van der Waals surface area contributed by atoms with Gasteiger partial charge in [-0.25, -0.2) is 9.97 Å². The summed E-state index contributed by atoms with van der Waals surface area (Å²) in [7, 11) is 3.51. The van der Waals surface area contributed by atoms with Gasteiger partial charge in [-0.2, -0.15) is 0 Å². The molecule has 3 heterocycles.